The SMILES string of the molecule is Cc1cc([C@H]2[C@@H](c3ccccn3)NC(=S)N2CCCNc2ccccc2)c(C)n1-c1cccc(Cl)c1. The fraction of sp³-hybridized carbons (Fsp3) is 0.241. The molecule has 0 bridgehead atoms. The van der Waals surface area contributed by atoms with Crippen LogP contribution in [0.5, 0.6) is 0 Å². The van der Waals surface area contributed by atoms with Crippen LogP contribution in [-0.4, -0.2) is 32.7 Å². The van der Waals surface area contributed by atoms with Crippen molar-refractivity contribution in [1.82, 2.24) is 19.8 Å². The Morgan fingerprint density at radius 3 is 2.56 bits per heavy atom. The van der Waals surface area contributed by atoms with Gasteiger partial charge in [0, 0.05) is 47.1 Å². The first kappa shape index (κ1) is 24.3. The molecule has 0 spiro atoms. The maximum Gasteiger partial charge on any atom is 0.170 e. The summed E-state index contributed by atoms with van der Waals surface area (Å²) >= 11 is 12.2. The number of halogens is 1. The molecule has 5 nitrogen and oxygen atoms in total. The van der Waals surface area contributed by atoms with E-state index in [2.05, 4.69) is 69.3 Å². The maximum absolute atomic E-state index is 6.33. The number of nitrogens with zero attached hydrogens (tertiary/aromatic N) is 3. The third kappa shape index (κ3) is 4.97. The van der Waals surface area contributed by atoms with E-state index in [0.29, 0.717) is 0 Å². The first-order valence-electron chi connectivity index (χ1n) is 12.2. The van der Waals surface area contributed by atoms with Gasteiger partial charge in [0.1, 0.15) is 0 Å². The fourth-order valence-corrected chi connectivity index (χ4v) is 5.64. The smallest absolute Gasteiger partial charge is 0.170 e. The average molecular weight is 516 g/mol. The number of aryl methyl sites for hydroxylation is 1. The van der Waals surface area contributed by atoms with Gasteiger partial charge in [0.2, 0.25) is 0 Å². The van der Waals surface area contributed by atoms with Crippen molar-refractivity contribution in [3.8, 4) is 5.69 Å². The summed E-state index contributed by atoms with van der Waals surface area (Å²) in [6, 6.07) is 26.6. The lowest BCUT2D eigenvalue weighted by atomic mass is 9.96. The highest BCUT2D eigenvalue weighted by molar-refractivity contribution is 7.80. The molecule has 0 unspecified atom stereocenters. The Morgan fingerprint density at radius 2 is 1.81 bits per heavy atom. The summed E-state index contributed by atoms with van der Waals surface area (Å²) in [5.74, 6) is 0. The first-order valence-corrected chi connectivity index (χ1v) is 13.0. The van der Waals surface area contributed by atoms with E-state index in [1.165, 1.54) is 11.3 Å². The van der Waals surface area contributed by atoms with E-state index in [1.54, 1.807) is 0 Å². The van der Waals surface area contributed by atoms with Crippen LogP contribution in [0, 0.1) is 13.8 Å². The molecule has 0 radical (unpaired) electrons. The largest absolute Gasteiger partial charge is 0.385 e. The third-order valence-corrected chi connectivity index (χ3v) is 7.32. The highest BCUT2D eigenvalue weighted by atomic mass is 35.5. The van der Waals surface area contributed by atoms with Crippen LogP contribution in [0.2, 0.25) is 5.02 Å². The van der Waals surface area contributed by atoms with Crippen molar-refractivity contribution < 1.29 is 0 Å². The molecule has 1 aliphatic heterocycles. The fourth-order valence-electron chi connectivity index (χ4n) is 5.12. The molecule has 7 heteroatoms. The molecule has 2 aromatic heterocycles. The molecule has 4 aromatic rings. The van der Waals surface area contributed by atoms with E-state index in [4.69, 9.17) is 23.8 Å². The molecule has 184 valence electrons. The second-order valence-electron chi connectivity index (χ2n) is 9.11. The van der Waals surface area contributed by atoms with Crippen LogP contribution in [0.25, 0.3) is 5.69 Å². The van der Waals surface area contributed by atoms with Crippen LogP contribution in [0.1, 0.15) is 41.1 Å². The lowest BCUT2D eigenvalue weighted by Gasteiger charge is -2.28. The van der Waals surface area contributed by atoms with Gasteiger partial charge in [-0.25, -0.2) is 0 Å². The number of rotatable bonds is 8. The number of thiocarbonyl (C=S) groups is 1. The molecule has 2 N–H and O–H groups in total. The lowest BCUT2D eigenvalue weighted by molar-refractivity contribution is 0.315. The molecule has 1 aliphatic rings. The number of aromatic nitrogens is 2. The standard InChI is InChI=1S/C29H30ClN5S/c1-20-18-25(21(2)35(20)24-13-8-10-22(30)19-24)28-27(26-14-6-7-15-32-26)33-29(36)34(28)17-9-16-31-23-11-4-3-5-12-23/h3-8,10-15,18-19,27-28,31H,9,16-17H2,1-2H3,(H,33,36)/t27-,28+/m1/s1. The summed E-state index contributed by atoms with van der Waals surface area (Å²) in [6.07, 6.45) is 2.80. The Morgan fingerprint density at radius 1 is 1.00 bits per heavy atom. The zero-order valence-corrected chi connectivity index (χ0v) is 22.1. The summed E-state index contributed by atoms with van der Waals surface area (Å²) in [5, 5.41) is 8.58. The van der Waals surface area contributed by atoms with Crippen molar-refractivity contribution in [2.45, 2.75) is 32.4 Å². The predicted molar refractivity (Wildman–Crippen MR) is 152 cm³/mol. The van der Waals surface area contributed by atoms with Gasteiger partial charge in [-0.1, -0.05) is 41.9 Å². The minimum Gasteiger partial charge on any atom is -0.385 e. The van der Waals surface area contributed by atoms with Gasteiger partial charge < -0.3 is 20.1 Å². The highest BCUT2D eigenvalue weighted by Gasteiger charge is 2.41. The number of benzene rings is 2. The normalized spacial score (nSPS) is 17.3. The zero-order chi connectivity index (χ0) is 25.1. The Balaban J connectivity index is 1.46. The van der Waals surface area contributed by atoms with Crippen molar-refractivity contribution in [1.29, 1.82) is 0 Å². The van der Waals surface area contributed by atoms with Crippen LogP contribution >= 0.6 is 23.8 Å². The monoisotopic (exact) mass is 515 g/mol. The minimum absolute atomic E-state index is 0.0308. The minimum atomic E-state index is -0.0332. The summed E-state index contributed by atoms with van der Waals surface area (Å²) in [5.41, 5.74) is 6.76. The van der Waals surface area contributed by atoms with Crippen LogP contribution in [0.3, 0.4) is 0 Å². The van der Waals surface area contributed by atoms with Crippen molar-refractivity contribution in [3.63, 3.8) is 0 Å². The summed E-state index contributed by atoms with van der Waals surface area (Å²) in [6.45, 7) is 6.02. The van der Waals surface area contributed by atoms with Crippen molar-refractivity contribution in [3.05, 3.63) is 113 Å². The van der Waals surface area contributed by atoms with Crippen molar-refractivity contribution in [2.24, 2.45) is 0 Å². The molecule has 3 heterocycles. The second kappa shape index (κ2) is 10.7. The molecule has 5 rings (SSSR count). The first-order chi connectivity index (χ1) is 17.5. The molecular formula is C29H30ClN5S. The molecular weight excluding hydrogens is 486 g/mol. The number of pyridine rings is 1. The number of hydrogen-bond acceptors (Lipinski definition) is 3. The number of para-hydroxylation sites is 1. The average Bonchev–Trinajstić information content (AvgIpc) is 3.37. The summed E-state index contributed by atoms with van der Waals surface area (Å²) in [4.78, 5) is 7.01. The number of nitrogens with one attached hydrogen (secondary N) is 2. The van der Waals surface area contributed by atoms with Gasteiger partial charge in [-0.15, -0.1) is 0 Å². The highest BCUT2D eigenvalue weighted by Crippen LogP contribution is 2.41. The van der Waals surface area contributed by atoms with Crippen LogP contribution in [0.15, 0.2) is 85.1 Å². The molecule has 36 heavy (non-hydrogen) atoms. The predicted octanol–water partition coefficient (Wildman–Crippen LogP) is 6.62. The van der Waals surface area contributed by atoms with Crippen LogP contribution in [-0.2, 0) is 0 Å². The Hall–Kier alpha value is -3.35. The van der Waals surface area contributed by atoms with Crippen molar-refractivity contribution >= 4 is 34.6 Å². The van der Waals surface area contributed by atoms with Gasteiger partial charge in [-0.3, -0.25) is 4.98 Å². The van der Waals surface area contributed by atoms with E-state index in [-0.39, 0.29) is 12.1 Å². The van der Waals surface area contributed by atoms with E-state index in [9.17, 15) is 0 Å². The molecule has 0 aliphatic carbocycles. The van der Waals surface area contributed by atoms with E-state index in [1.807, 2.05) is 54.7 Å². The molecule has 1 saturated heterocycles. The van der Waals surface area contributed by atoms with E-state index in [0.717, 1.165) is 52.4 Å². The summed E-state index contributed by atoms with van der Waals surface area (Å²) < 4.78 is 2.27. The zero-order valence-electron chi connectivity index (χ0n) is 20.5. The molecule has 2 aromatic carbocycles. The lowest BCUT2D eigenvalue weighted by Crippen LogP contribution is -2.31. The van der Waals surface area contributed by atoms with Gasteiger partial charge >= 0.3 is 0 Å². The topological polar surface area (TPSA) is 45.1 Å². The molecule has 2 atom stereocenters. The number of hydrogen-bond donors (Lipinski definition) is 2. The van der Waals surface area contributed by atoms with E-state index >= 15 is 0 Å². The maximum atomic E-state index is 6.33. The van der Waals surface area contributed by atoms with Gasteiger partial charge in [0.05, 0.1) is 17.8 Å². The van der Waals surface area contributed by atoms with Crippen LogP contribution in [0.4, 0.5) is 5.69 Å². The quantitative estimate of drug-likeness (QED) is 0.204. The van der Waals surface area contributed by atoms with Gasteiger partial charge in [-0.05, 0) is 86.6 Å². The molecule has 0 amide bonds. The number of anilines is 1. The van der Waals surface area contributed by atoms with E-state index < -0.39 is 0 Å². The Labute approximate surface area is 223 Å². The van der Waals surface area contributed by atoms with Crippen LogP contribution < -0.4 is 10.6 Å². The Bertz CT molecular complexity index is 1340. The third-order valence-electron chi connectivity index (χ3n) is 6.73. The van der Waals surface area contributed by atoms with Gasteiger partial charge in [-0.2, -0.15) is 0 Å². The molecule has 1 fully saturated rings. The molecule has 0 saturated carbocycles. The summed E-state index contributed by atoms with van der Waals surface area (Å²) in [7, 11) is 0. The van der Waals surface area contributed by atoms with Gasteiger partial charge in [0.25, 0.3) is 0 Å². The second-order valence-corrected chi connectivity index (χ2v) is 9.93. The van der Waals surface area contributed by atoms with Gasteiger partial charge in [0.15, 0.2) is 5.11 Å². The van der Waals surface area contributed by atoms with Crippen molar-refractivity contribution in [2.75, 3.05) is 18.4 Å². The Kier molecular flexibility index (Phi) is 7.25.